The SMILES string of the molecule is CCC(C(=O)NC1CCCCC1)N(Cc1ccccc1C)C(=O)CSCc1ccccc1C. The monoisotopic (exact) mass is 466 g/mol. The highest BCUT2D eigenvalue weighted by molar-refractivity contribution is 7.99. The van der Waals surface area contributed by atoms with Gasteiger partial charge < -0.3 is 10.2 Å². The number of benzene rings is 2. The molecule has 33 heavy (non-hydrogen) atoms. The number of carbonyl (C=O) groups excluding carboxylic acids is 2. The number of nitrogens with one attached hydrogen (secondary N) is 1. The number of hydrogen-bond acceptors (Lipinski definition) is 3. The molecular weight excluding hydrogens is 428 g/mol. The third kappa shape index (κ3) is 7.36. The van der Waals surface area contributed by atoms with Crippen molar-refractivity contribution in [2.45, 2.75) is 83.7 Å². The van der Waals surface area contributed by atoms with E-state index in [-0.39, 0.29) is 17.9 Å². The number of aryl methyl sites for hydroxylation is 2. The van der Waals surface area contributed by atoms with Crippen LogP contribution in [0.1, 0.15) is 67.7 Å². The fourth-order valence-corrected chi connectivity index (χ4v) is 5.52. The maximum absolute atomic E-state index is 13.5. The molecule has 4 nitrogen and oxygen atoms in total. The summed E-state index contributed by atoms with van der Waals surface area (Å²) < 4.78 is 0. The quantitative estimate of drug-likeness (QED) is 0.482. The van der Waals surface area contributed by atoms with Gasteiger partial charge in [-0.2, -0.15) is 0 Å². The third-order valence-electron chi connectivity index (χ3n) is 6.68. The molecule has 1 atom stereocenters. The molecule has 2 aromatic rings. The van der Waals surface area contributed by atoms with Crippen molar-refractivity contribution in [2.24, 2.45) is 0 Å². The lowest BCUT2D eigenvalue weighted by molar-refractivity contribution is -0.139. The van der Waals surface area contributed by atoms with Crippen LogP contribution in [0.15, 0.2) is 48.5 Å². The van der Waals surface area contributed by atoms with Crippen LogP contribution in [0.2, 0.25) is 0 Å². The number of amides is 2. The van der Waals surface area contributed by atoms with Gasteiger partial charge in [-0.05, 0) is 55.4 Å². The van der Waals surface area contributed by atoms with Gasteiger partial charge in [-0.15, -0.1) is 11.8 Å². The highest BCUT2D eigenvalue weighted by atomic mass is 32.2. The lowest BCUT2D eigenvalue weighted by atomic mass is 9.95. The van der Waals surface area contributed by atoms with Crippen molar-refractivity contribution in [1.29, 1.82) is 0 Å². The van der Waals surface area contributed by atoms with E-state index in [1.807, 2.05) is 36.1 Å². The minimum atomic E-state index is -0.446. The molecule has 1 unspecified atom stereocenters. The van der Waals surface area contributed by atoms with Crippen LogP contribution >= 0.6 is 11.8 Å². The van der Waals surface area contributed by atoms with E-state index in [0.717, 1.165) is 29.7 Å². The van der Waals surface area contributed by atoms with Gasteiger partial charge in [0.05, 0.1) is 5.75 Å². The van der Waals surface area contributed by atoms with Gasteiger partial charge in [0.2, 0.25) is 11.8 Å². The first-order valence-corrected chi connectivity index (χ1v) is 13.4. The van der Waals surface area contributed by atoms with Gasteiger partial charge >= 0.3 is 0 Å². The van der Waals surface area contributed by atoms with Crippen molar-refractivity contribution in [3.63, 3.8) is 0 Å². The van der Waals surface area contributed by atoms with Crippen molar-refractivity contribution in [3.05, 3.63) is 70.8 Å². The zero-order valence-corrected chi connectivity index (χ0v) is 21.1. The molecule has 1 aliphatic carbocycles. The number of thioether (sulfide) groups is 1. The Bertz CT molecular complexity index is 924. The molecular formula is C28H38N2O2S. The van der Waals surface area contributed by atoms with Crippen molar-refractivity contribution < 1.29 is 9.59 Å². The smallest absolute Gasteiger partial charge is 0.243 e. The molecule has 1 N–H and O–H groups in total. The number of carbonyl (C=O) groups is 2. The molecule has 0 bridgehead atoms. The molecule has 178 valence electrons. The molecule has 0 aromatic heterocycles. The zero-order chi connectivity index (χ0) is 23.6. The molecule has 3 rings (SSSR count). The molecule has 2 aromatic carbocycles. The average molecular weight is 467 g/mol. The summed E-state index contributed by atoms with van der Waals surface area (Å²) >= 11 is 1.62. The van der Waals surface area contributed by atoms with Gasteiger partial charge in [-0.25, -0.2) is 0 Å². The number of rotatable bonds is 10. The molecule has 0 radical (unpaired) electrons. The van der Waals surface area contributed by atoms with Gasteiger partial charge in [0.25, 0.3) is 0 Å². The molecule has 0 spiro atoms. The van der Waals surface area contributed by atoms with E-state index in [9.17, 15) is 9.59 Å². The van der Waals surface area contributed by atoms with Crippen LogP contribution < -0.4 is 5.32 Å². The van der Waals surface area contributed by atoms with Crippen LogP contribution in [0.3, 0.4) is 0 Å². The van der Waals surface area contributed by atoms with E-state index in [1.54, 1.807) is 11.8 Å². The van der Waals surface area contributed by atoms with Gasteiger partial charge in [-0.1, -0.05) is 74.7 Å². The average Bonchev–Trinajstić information content (AvgIpc) is 2.82. The Labute approximate surface area is 203 Å². The molecule has 1 fully saturated rings. The molecule has 1 aliphatic rings. The maximum Gasteiger partial charge on any atom is 0.243 e. The summed E-state index contributed by atoms with van der Waals surface area (Å²) in [4.78, 5) is 28.6. The van der Waals surface area contributed by atoms with E-state index in [0.29, 0.717) is 18.7 Å². The minimum Gasteiger partial charge on any atom is -0.352 e. The first-order valence-electron chi connectivity index (χ1n) is 12.3. The Morgan fingerprint density at radius 3 is 2.18 bits per heavy atom. The highest BCUT2D eigenvalue weighted by Gasteiger charge is 2.30. The number of hydrogen-bond donors (Lipinski definition) is 1. The lowest BCUT2D eigenvalue weighted by Gasteiger charge is -2.33. The summed E-state index contributed by atoms with van der Waals surface area (Å²) in [7, 11) is 0. The second kappa shape index (κ2) is 12.8. The van der Waals surface area contributed by atoms with Crippen LogP contribution in [0.25, 0.3) is 0 Å². The van der Waals surface area contributed by atoms with E-state index in [1.165, 1.54) is 30.4 Å². The van der Waals surface area contributed by atoms with Crippen LogP contribution in [0.5, 0.6) is 0 Å². The summed E-state index contributed by atoms with van der Waals surface area (Å²) in [5.41, 5.74) is 4.74. The largest absolute Gasteiger partial charge is 0.352 e. The standard InChI is InChI=1S/C28H38N2O2S/c1-4-26(28(32)29-25-16-6-5-7-17-25)30(18-23-14-10-8-12-21(23)2)27(31)20-33-19-24-15-11-9-13-22(24)3/h8-15,25-26H,4-7,16-20H2,1-3H3,(H,29,32). The van der Waals surface area contributed by atoms with E-state index < -0.39 is 6.04 Å². The normalized spacial score (nSPS) is 15.1. The van der Waals surface area contributed by atoms with Crippen LogP contribution in [-0.4, -0.2) is 34.6 Å². The first kappa shape index (κ1) is 25.4. The van der Waals surface area contributed by atoms with Gasteiger partial charge in [0.1, 0.15) is 6.04 Å². The van der Waals surface area contributed by atoms with Crippen LogP contribution in [0, 0.1) is 13.8 Å². The topological polar surface area (TPSA) is 49.4 Å². The van der Waals surface area contributed by atoms with Gasteiger partial charge in [-0.3, -0.25) is 9.59 Å². The van der Waals surface area contributed by atoms with Crippen molar-refractivity contribution >= 4 is 23.6 Å². The predicted molar refractivity (Wildman–Crippen MR) is 138 cm³/mol. The first-order chi connectivity index (χ1) is 16.0. The van der Waals surface area contributed by atoms with E-state index in [4.69, 9.17) is 0 Å². The Morgan fingerprint density at radius 2 is 1.58 bits per heavy atom. The molecule has 0 saturated heterocycles. The van der Waals surface area contributed by atoms with Crippen molar-refractivity contribution in [1.82, 2.24) is 10.2 Å². The van der Waals surface area contributed by atoms with Crippen molar-refractivity contribution in [3.8, 4) is 0 Å². The maximum atomic E-state index is 13.5. The third-order valence-corrected chi connectivity index (χ3v) is 7.65. The van der Waals surface area contributed by atoms with Crippen LogP contribution in [-0.2, 0) is 21.9 Å². The Balaban J connectivity index is 1.72. The van der Waals surface area contributed by atoms with Crippen LogP contribution in [0.4, 0.5) is 0 Å². The molecule has 1 saturated carbocycles. The summed E-state index contributed by atoms with van der Waals surface area (Å²) in [5, 5.41) is 3.26. The highest BCUT2D eigenvalue weighted by Crippen LogP contribution is 2.21. The summed E-state index contributed by atoms with van der Waals surface area (Å²) in [6.07, 6.45) is 6.28. The van der Waals surface area contributed by atoms with Gasteiger partial charge in [0.15, 0.2) is 0 Å². The number of nitrogens with zero attached hydrogens (tertiary/aromatic N) is 1. The minimum absolute atomic E-state index is 0.00441. The Kier molecular flexibility index (Phi) is 9.86. The lowest BCUT2D eigenvalue weighted by Crippen LogP contribution is -2.52. The van der Waals surface area contributed by atoms with Gasteiger partial charge in [0, 0.05) is 18.3 Å². The molecule has 5 heteroatoms. The van der Waals surface area contributed by atoms with Crippen molar-refractivity contribution in [2.75, 3.05) is 5.75 Å². The fraction of sp³-hybridized carbons (Fsp3) is 0.500. The summed E-state index contributed by atoms with van der Waals surface area (Å²) in [5.74, 6) is 1.19. The Hall–Kier alpha value is -2.27. The zero-order valence-electron chi connectivity index (χ0n) is 20.3. The summed E-state index contributed by atoms with van der Waals surface area (Å²) in [6, 6.07) is 16.2. The predicted octanol–water partition coefficient (Wildman–Crippen LogP) is 5.79. The fourth-order valence-electron chi connectivity index (χ4n) is 4.54. The molecule has 0 heterocycles. The van der Waals surface area contributed by atoms with E-state index in [2.05, 4.69) is 43.4 Å². The summed E-state index contributed by atoms with van der Waals surface area (Å²) in [6.45, 7) is 6.63. The second-order valence-electron chi connectivity index (χ2n) is 9.13. The Morgan fingerprint density at radius 1 is 0.970 bits per heavy atom. The molecule has 0 aliphatic heterocycles. The second-order valence-corrected chi connectivity index (χ2v) is 10.1. The molecule has 2 amide bonds. The van der Waals surface area contributed by atoms with E-state index >= 15 is 0 Å².